The van der Waals surface area contributed by atoms with Crippen LogP contribution in [0.2, 0.25) is 0 Å². The standard InChI is InChI=1S/C12H14F2O3/c1-7(11(15)17-3)12(2,16)8-4-5-9(13)10(14)6-8/h4-7,16H,1-3H3. The van der Waals surface area contributed by atoms with Crippen LogP contribution in [0.3, 0.4) is 0 Å². The minimum atomic E-state index is -1.62. The maximum Gasteiger partial charge on any atom is 0.311 e. The van der Waals surface area contributed by atoms with Gasteiger partial charge in [-0.3, -0.25) is 4.79 Å². The lowest BCUT2D eigenvalue weighted by atomic mass is 9.84. The zero-order chi connectivity index (χ0) is 13.2. The van der Waals surface area contributed by atoms with E-state index in [0.29, 0.717) is 0 Å². The third-order valence-electron chi connectivity index (χ3n) is 2.90. The molecule has 0 aliphatic rings. The van der Waals surface area contributed by atoms with Crippen molar-refractivity contribution in [3.8, 4) is 0 Å². The maximum atomic E-state index is 13.1. The fraction of sp³-hybridized carbons (Fsp3) is 0.417. The molecule has 94 valence electrons. The molecule has 0 aliphatic carbocycles. The van der Waals surface area contributed by atoms with Crippen LogP contribution in [0.15, 0.2) is 18.2 Å². The normalized spacial score (nSPS) is 16.1. The van der Waals surface area contributed by atoms with Gasteiger partial charge in [0.05, 0.1) is 18.6 Å². The first-order chi connectivity index (χ1) is 7.80. The molecule has 2 unspecified atom stereocenters. The highest BCUT2D eigenvalue weighted by molar-refractivity contribution is 5.73. The number of carbonyl (C=O) groups is 1. The van der Waals surface area contributed by atoms with Crippen molar-refractivity contribution in [2.24, 2.45) is 5.92 Å². The van der Waals surface area contributed by atoms with E-state index in [9.17, 15) is 18.7 Å². The summed E-state index contributed by atoms with van der Waals surface area (Å²) in [7, 11) is 1.19. The number of aliphatic hydroxyl groups is 1. The summed E-state index contributed by atoms with van der Waals surface area (Å²) in [5, 5.41) is 10.2. The molecule has 0 radical (unpaired) electrons. The summed E-state index contributed by atoms with van der Waals surface area (Å²) in [6.45, 7) is 2.80. The van der Waals surface area contributed by atoms with Crippen molar-refractivity contribution < 1.29 is 23.4 Å². The summed E-state index contributed by atoms with van der Waals surface area (Å²) in [4.78, 5) is 11.3. The topological polar surface area (TPSA) is 46.5 Å². The molecule has 0 aromatic heterocycles. The predicted molar refractivity (Wildman–Crippen MR) is 57.1 cm³/mol. The minimum Gasteiger partial charge on any atom is -0.469 e. The molecule has 17 heavy (non-hydrogen) atoms. The Morgan fingerprint density at radius 2 is 2.00 bits per heavy atom. The molecule has 1 aromatic rings. The molecule has 3 nitrogen and oxygen atoms in total. The third kappa shape index (κ3) is 2.61. The molecule has 0 saturated heterocycles. The van der Waals surface area contributed by atoms with E-state index >= 15 is 0 Å². The number of carbonyl (C=O) groups excluding carboxylic acids is 1. The van der Waals surface area contributed by atoms with Gasteiger partial charge in [-0.05, 0) is 31.5 Å². The lowest BCUT2D eigenvalue weighted by molar-refractivity contribution is -0.154. The van der Waals surface area contributed by atoms with Crippen LogP contribution in [0.4, 0.5) is 8.78 Å². The SMILES string of the molecule is COC(=O)C(C)C(C)(O)c1ccc(F)c(F)c1. The number of halogens is 2. The highest BCUT2D eigenvalue weighted by atomic mass is 19.2. The molecular formula is C12H14F2O3. The Balaban J connectivity index is 3.11. The smallest absolute Gasteiger partial charge is 0.311 e. The molecule has 1 aromatic carbocycles. The summed E-state index contributed by atoms with van der Waals surface area (Å²) in [5.41, 5.74) is -1.50. The fourth-order valence-electron chi connectivity index (χ4n) is 1.47. The second-order valence-electron chi connectivity index (χ2n) is 4.02. The number of esters is 1. The Kier molecular flexibility index (Phi) is 3.83. The van der Waals surface area contributed by atoms with Gasteiger partial charge < -0.3 is 9.84 Å². The van der Waals surface area contributed by atoms with Crippen molar-refractivity contribution in [3.05, 3.63) is 35.4 Å². The highest BCUT2D eigenvalue weighted by Crippen LogP contribution is 2.30. The van der Waals surface area contributed by atoms with Crippen LogP contribution in [0.5, 0.6) is 0 Å². The second-order valence-corrected chi connectivity index (χ2v) is 4.02. The van der Waals surface area contributed by atoms with Gasteiger partial charge >= 0.3 is 5.97 Å². The highest BCUT2D eigenvalue weighted by Gasteiger charge is 2.36. The van der Waals surface area contributed by atoms with Crippen LogP contribution in [0.1, 0.15) is 19.4 Å². The predicted octanol–water partition coefficient (Wildman–Crippen LogP) is 1.98. The Morgan fingerprint density at radius 3 is 2.47 bits per heavy atom. The van der Waals surface area contributed by atoms with Crippen LogP contribution in [-0.4, -0.2) is 18.2 Å². The van der Waals surface area contributed by atoms with Gasteiger partial charge in [0.2, 0.25) is 0 Å². The summed E-state index contributed by atoms with van der Waals surface area (Å²) >= 11 is 0. The quantitative estimate of drug-likeness (QED) is 0.827. The Hall–Kier alpha value is -1.49. The molecule has 0 amide bonds. The molecule has 0 heterocycles. The molecule has 5 heteroatoms. The van der Waals surface area contributed by atoms with Crippen molar-refractivity contribution >= 4 is 5.97 Å². The molecule has 1 N–H and O–H groups in total. The Bertz CT molecular complexity index is 430. The molecule has 0 saturated carbocycles. The lowest BCUT2D eigenvalue weighted by Gasteiger charge is -2.28. The summed E-state index contributed by atoms with van der Waals surface area (Å²) in [5.74, 6) is -3.59. The first-order valence-corrected chi connectivity index (χ1v) is 5.06. The minimum absolute atomic E-state index is 0.120. The molecule has 0 fully saturated rings. The van der Waals surface area contributed by atoms with E-state index in [4.69, 9.17) is 0 Å². The van der Waals surface area contributed by atoms with E-state index in [1.165, 1.54) is 27.0 Å². The largest absolute Gasteiger partial charge is 0.469 e. The van der Waals surface area contributed by atoms with Gasteiger partial charge in [-0.2, -0.15) is 0 Å². The van der Waals surface area contributed by atoms with Crippen LogP contribution < -0.4 is 0 Å². The van der Waals surface area contributed by atoms with Crippen LogP contribution in [0.25, 0.3) is 0 Å². The first kappa shape index (κ1) is 13.6. The summed E-state index contributed by atoms with van der Waals surface area (Å²) < 4.78 is 30.3. The van der Waals surface area contributed by atoms with Gasteiger partial charge in [0, 0.05) is 0 Å². The monoisotopic (exact) mass is 244 g/mol. The summed E-state index contributed by atoms with van der Waals surface area (Å²) in [6, 6.07) is 3.01. The number of rotatable bonds is 3. The van der Waals surface area contributed by atoms with Gasteiger partial charge in [-0.25, -0.2) is 8.78 Å². The molecular weight excluding hydrogens is 230 g/mol. The van der Waals surface area contributed by atoms with Crippen LogP contribution in [-0.2, 0) is 15.1 Å². The summed E-state index contributed by atoms with van der Waals surface area (Å²) in [6.07, 6.45) is 0. The van der Waals surface area contributed by atoms with Gasteiger partial charge in [-0.15, -0.1) is 0 Å². The molecule has 0 aliphatic heterocycles. The molecule has 2 atom stereocenters. The lowest BCUT2D eigenvalue weighted by Crippen LogP contribution is -2.36. The van der Waals surface area contributed by atoms with E-state index in [-0.39, 0.29) is 5.56 Å². The van der Waals surface area contributed by atoms with Gasteiger partial charge in [0.15, 0.2) is 11.6 Å². The average Bonchev–Trinajstić information content (AvgIpc) is 2.30. The number of benzene rings is 1. The maximum absolute atomic E-state index is 13.1. The van der Waals surface area contributed by atoms with Crippen LogP contribution in [0, 0.1) is 17.6 Å². The van der Waals surface area contributed by atoms with Gasteiger partial charge in [0.1, 0.15) is 0 Å². The fourth-order valence-corrected chi connectivity index (χ4v) is 1.47. The van der Waals surface area contributed by atoms with E-state index in [1.54, 1.807) is 0 Å². The molecule has 0 bridgehead atoms. The van der Waals surface area contributed by atoms with Crippen molar-refractivity contribution in [1.29, 1.82) is 0 Å². The Morgan fingerprint density at radius 1 is 1.41 bits per heavy atom. The van der Waals surface area contributed by atoms with Crippen molar-refractivity contribution in [2.75, 3.05) is 7.11 Å². The molecule has 1 rings (SSSR count). The van der Waals surface area contributed by atoms with E-state index in [2.05, 4.69) is 4.74 Å². The van der Waals surface area contributed by atoms with Crippen LogP contribution >= 0.6 is 0 Å². The van der Waals surface area contributed by atoms with Crippen molar-refractivity contribution in [2.45, 2.75) is 19.4 Å². The number of hydrogen-bond donors (Lipinski definition) is 1. The molecule has 0 spiro atoms. The Labute approximate surface area is 98.0 Å². The number of hydrogen-bond acceptors (Lipinski definition) is 3. The zero-order valence-electron chi connectivity index (χ0n) is 9.83. The first-order valence-electron chi connectivity index (χ1n) is 5.06. The van der Waals surface area contributed by atoms with Gasteiger partial charge in [0.25, 0.3) is 0 Å². The average molecular weight is 244 g/mol. The van der Waals surface area contributed by atoms with Crippen molar-refractivity contribution in [3.63, 3.8) is 0 Å². The van der Waals surface area contributed by atoms with E-state index in [0.717, 1.165) is 12.1 Å². The number of ether oxygens (including phenoxy) is 1. The van der Waals surface area contributed by atoms with E-state index < -0.39 is 29.1 Å². The van der Waals surface area contributed by atoms with E-state index in [1.807, 2.05) is 0 Å². The van der Waals surface area contributed by atoms with Crippen molar-refractivity contribution in [1.82, 2.24) is 0 Å². The zero-order valence-corrected chi connectivity index (χ0v) is 9.83. The van der Waals surface area contributed by atoms with Gasteiger partial charge in [-0.1, -0.05) is 6.07 Å². The number of methoxy groups -OCH3 is 1. The third-order valence-corrected chi connectivity index (χ3v) is 2.90. The second kappa shape index (κ2) is 4.79.